The summed E-state index contributed by atoms with van der Waals surface area (Å²) in [5, 5.41) is 8.81. The number of benzene rings is 1. The quantitative estimate of drug-likeness (QED) is 0.657. The molecule has 6 nitrogen and oxygen atoms in total. The van der Waals surface area contributed by atoms with Crippen molar-refractivity contribution in [3.8, 4) is 0 Å². The minimum Gasteiger partial charge on any atom is -0.378 e. The Morgan fingerprint density at radius 2 is 1.95 bits per heavy atom. The van der Waals surface area contributed by atoms with Gasteiger partial charge in [0, 0.05) is 37.7 Å². The van der Waals surface area contributed by atoms with Gasteiger partial charge >= 0.3 is 0 Å². The van der Waals surface area contributed by atoms with Crippen molar-refractivity contribution in [3.05, 3.63) is 35.4 Å². The van der Waals surface area contributed by atoms with E-state index >= 15 is 0 Å². The van der Waals surface area contributed by atoms with Gasteiger partial charge in [0.25, 0.3) is 5.91 Å². The number of morpholine rings is 1. The summed E-state index contributed by atoms with van der Waals surface area (Å²) in [5.41, 5.74) is 1.74. The Kier molecular flexibility index (Phi) is 6.36. The minimum absolute atomic E-state index is 0.0346. The molecule has 2 rings (SSSR count). The van der Waals surface area contributed by atoms with Crippen LogP contribution in [0.25, 0.3) is 0 Å². The molecule has 1 heterocycles. The first-order chi connectivity index (χ1) is 10.6. The van der Waals surface area contributed by atoms with E-state index in [0.29, 0.717) is 38.3 Å². The molecule has 0 spiro atoms. The second-order valence-electron chi connectivity index (χ2n) is 5.40. The van der Waals surface area contributed by atoms with E-state index in [1.165, 1.54) is 0 Å². The molecule has 1 fully saturated rings. The van der Waals surface area contributed by atoms with Crippen molar-refractivity contribution in [2.45, 2.75) is 19.4 Å². The SMILES string of the molecule is Cc1ccc(C(=O)NCCNC(=O)CC2COCCN2)cc1. The van der Waals surface area contributed by atoms with E-state index in [1.54, 1.807) is 12.1 Å². The van der Waals surface area contributed by atoms with Crippen molar-refractivity contribution in [2.75, 3.05) is 32.8 Å². The lowest BCUT2D eigenvalue weighted by molar-refractivity contribution is -0.122. The number of hydrogen-bond donors (Lipinski definition) is 3. The monoisotopic (exact) mass is 305 g/mol. The standard InChI is InChI=1S/C16H23N3O3/c1-12-2-4-13(5-3-12)16(21)19-7-6-18-15(20)10-14-11-22-9-8-17-14/h2-5,14,17H,6-11H2,1H3,(H,18,20)(H,19,21). The number of aryl methyl sites for hydroxylation is 1. The van der Waals surface area contributed by atoms with Crippen molar-refractivity contribution in [3.63, 3.8) is 0 Å². The minimum atomic E-state index is -0.128. The van der Waals surface area contributed by atoms with Crippen LogP contribution in [-0.2, 0) is 9.53 Å². The van der Waals surface area contributed by atoms with E-state index in [0.717, 1.165) is 12.1 Å². The smallest absolute Gasteiger partial charge is 0.251 e. The summed E-state index contributed by atoms with van der Waals surface area (Å²) in [6.45, 7) is 4.85. The van der Waals surface area contributed by atoms with Crippen LogP contribution in [0.1, 0.15) is 22.3 Å². The van der Waals surface area contributed by atoms with Crippen LogP contribution < -0.4 is 16.0 Å². The molecule has 0 radical (unpaired) electrons. The molecule has 6 heteroatoms. The van der Waals surface area contributed by atoms with Gasteiger partial charge < -0.3 is 20.7 Å². The highest BCUT2D eigenvalue weighted by atomic mass is 16.5. The molecule has 1 unspecified atom stereocenters. The molecule has 1 aliphatic rings. The van der Waals surface area contributed by atoms with E-state index in [1.807, 2.05) is 19.1 Å². The van der Waals surface area contributed by atoms with Gasteiger partial charge in [-0.05, 0) is 19.1 Å². The highest BCUT2D eigenvalue weighted by Crippen LogP contribution is 2.02. The summed E-state index contributed by atoms with van der Waals surface area (Å²) in [4.78, 5) is 23.6. The predicted molar refractivity (Wildman–Crippen MR) is 83.7 cm³/mol. The number of ether oxygens (including phenoxy) is 1. The van der Waals surface area contributed by atoms with Crippen molar-refractivity contribution in [1.82, 2.24) is 16.0 Å². The van der Waals surface area contributed by atoms with E-state index in [9.17, 15) is 9.59 Å². The van der Waals surface area contributed by atoms with Crippen LogP contribution in [0, 0.1) is 6.92 Å². The molecular formula is C16H23N3O3. The van der Waals surface area contributed by atoms with Gasteiger partial charge in [-0.25, -0.2) is 0 Å². The highest BCUT2D eigenvalue weighted by molar-refractivity contribution is 5.94. The topological polar surface area (TPSA) is 79.5 Å². The second kappa shape index (κ2) is 8.51. The third kappa shape index (κ3) is 5.46. The fourth-order valence-electron chi connectivity index (χ4n) is 2.23. The van der Waals surface area contributed by atoms with Crippen LogP contribution in [0.5, 0.6) is 0 Å². The van der Waals surface area contributed by atoms with Crippen LogP contribution in [0.3, 0.4) is 0 Å². The Balaban J connectivity index is 1.61. The van der Waals surface area contributed by atoms with Gasteiger partial charge in [0.1, 0.15) is 0 Å². The average molecular weight is 305 g/mol. The molecule has 120 valence electrons. The molecule has 0 aromatic heterocycles. The van der Waals surface area contributed by atoms with Crippen molar-refractivity contribution < 1.29 is 14.3 Å². The first-order valence-corrected chi connectivity index (χ1v) is 7.58. The van der Waals surface area contributed by atoms with Gasteiger partial charge in [-0.3, -0.25) is 9.59 Å². The van der Waals surface area contributed by atoms with Gasteiger partial charge in [0.2, 0.25) is 5.91 Å². The molecular weight excluding hydrogens is 282 g/mol. The number of rotatable bonds is 6. The molecule has 0 saturated carbocycles. The maximum absolute atomic E-state index is 11.9. The second-order valence-corrected chi connectivity index (χ2v) is 5.40. The summed E-state index contributed by atoms with van der Waals surface area (Å²) in [5.74, 6) is -0.163. The van der Waals surface area contributed by atoms with Crippen molar-refractivity contribution in [1.29, 1.82) is 0 Å². The summed E-state index contributed by atoms with van der Waals surface area (Å²) in [6.07, 6.45) is 0.395. The Labute approximate surface area is 130 Å². The summed E-state index contributed by atoms with van der Waals surface area (Å²) < 4.78 is 5.30. The largest absolute Gasteiger partial charge is 0.378 e. The maximum Gasteiger partial charge on any atom is 0.251 e. The molecule has 1 aliphatic heterocycles. The van der Waals surface area contributed by atoms with Crippen LogP contribution in [0.2, 0.25) is 0 Å². The van der Waals surface area contributed by atoms with Gasteiger partial charge in [-0.1, -0.05) is 17.7 Å². The van der Waals surface area contributed by atoms with Gasteiger partial charge in [0.15, 0.2) is 0 Å². The molecule has 1 saturated heterocycles. The molecule has 2 amide bonds. The zero-order valence-corrected chi connectivity index (χ0v) is 12.9. The van der Waals surface area contributed by atoms with Crippen molar-refractivity contribution >= 4 is 11.8 Å². The van der Waals surface area contributed by atoms with E-state index in [4.69, 9.17) is 4.74 Å². The van der Waals surface area contributed by atoms with Crippen molar-refractivity contribution in [2.24, 2.45) is 0 Å². The number of carbonyl (C=O) groups excluding carboxylic acids is 2. The molecule has 0 bridgehead atoms. The third-order valence-corrected chi connectivity index (χ3v) is 3.48. The van der Waals surface area contributed by atoms with E-state index in [-0.39, 0.29) is 17.9 Å². The van der Waals surface area contributed by atoms with E-state index in [2.05, 4.69) is 16.0 Å². The molecule has 22 heavy (non-hydrogen) atoms. The molecule has 1 atom stereocenters. The molecule has 0 aliphatic carbocycles. The van der Waals surface area contributed by atoms with Crippen LogP contribution in [-0.4, -0.2) is 50.7 Å². The lowest BCUT2D eigenvalue weighted by Gasteiger charge is -2.23. The first-order valence-electron chi connectivity index (χ1n) is 7.58. The van der Waals surface area contributed by atoms with Crippen LogP contribution in [0.15, 0.2) is 24.3 Å². The maximum atomic E-state index is 11.9. The van der Waals surface area contributed by atoms with Gasteiger partial charge in [0.05, 0.1) is 13.2 Å². The Hall–Kier alpha value is -1.92. The lowest BCUT2D eigenvalue weighted by Crippen LogP contribution is -2.45. The Morgan fingerprint density at radius 1 is 1.23 bits per heavy atom. The normalized spacial score (nSPS) is 17.8. The third-order valence-electron chi connectivity index (χ3n) is 3.48. The summed E-state index contributed by atoms with van der Waals surface area (Å²) >= 11 is 0. The molecule has 1 aromatic rings. The molecule has 1 aromatic carbocycles. The fourth-order valence-corrected chi connectivity index (χ4v) is 2.23. The molecule has 3 N–H and O–H groups in total. The lowest BCUT2D eigenvalue weighted by atomic mass is 10.1. The fraction of sp³-hybridized carbons (Fsp3) is 0.500. The number of hydrogen-bond acceptors (Lipinski definition) is 4. The first kappa shape index (κ1) is 16.5. The summed E-state index contributed by atoms with van der Waals surface area (Å²) in [6, 6.07) is 7.46. The highest BCUT2D eigenvalue weighted by Gasteiger charge is 2.16. The Bertz CT molecular complexity index is 496. The van der Waals surface area contributed by atoms with Crippen LogP contribution >= 0.6 is 0 Å². The zero-order chi connectivity index (χ0) is 15.8. The van der Waals surface area contributed by atoms with Gasteiger partial charge in [-0.15, -0.1) is 0 Å². The predicted octanol–water partition coefficient (Wildman–Crippen LogP) is 0.220. The zero-order valence-electron chi connectivity index (χ0n) is 12.9. The Morgan fingerprint density at radius 3 is 2.64 bits per heavy atom. The number of carbonyl (C=O) groups is 2. The van der Waals surface area contributed by atoms with Gasteiger partial charge in [-0.2, -0.15) is 0 Å². The average Bonchev–Trinajstić information content (AvgIpc) is 2.53. The number of nitrogens with one attached hydrogen (secondary N) is 3. The summed E-state index contributed by atoms with van der Waals surface area (Å²) in [7, 11) is 0. The number of amides is 2. The van der Waals surface area contributed by atoms with Crippen LogP contribution in [0.4, 0.5) is 0 Å². The van der Waals surface area contributed by atoms with E-state index < -0.39 is 0 Å².